The minimum absolute atomic E-state index is 0.160. The maximum Gasteiger partial charge on any atom is 0.138 e. The Hall–Kier alpha value is -1.46. The number of nitrogens with one attached hydrogen (secondary N) is 1. The molecule has 4 N–H and O–H groups in total. The molecule has 0 spiro atoms. The number of amidine groups is 1. The molecule has 1 saturated heterocycles. The van der Waals surface area contributed by atoms with Crippen molar-refractivity contribution in [2.24, 2.45) is 11.7 Å². The van der Waals surface area contributed by atoms with E-state index in [4.69, 9.17) is 11.1 Å². The highest BCUT2D eigenvalue weighted by Crippen LogP contribution is 2.20. The van der Waals surface area contributed by atoms with Gasteiger partial charge in [-0.1, -0.05) is 12.1 Å². The molecule has 0 aromatic heterocycles. The number of likely N-dealkylation sites (tertiary alicyclic amines) is 1. The molecule has 4 nitrogen and oxygen atoms in total. The van der Waals surface area contributed by atoms with Gasteiger partial charge >= 0.3 is 0 Å². The Morgan fingerprint density at radius 3 is 3.00 bits per heavy atom. The molecule has 1 aromatic rings. The van der Waals surface area contributed by atoms with Crippen molar-refractivity contribution in [3.8, 4) is 0 Å². The number of hydrogen-bond acceptors (Lipinski definition) is 3. The summed E-state index contributed by atoms with van der Waals surface area (Å²) in [5, 5.41) is 16.5. The van der Waals surface area contributed by atoms with E-state index in [9.17, 15) is 9.50 Å². The molecule has 19 heavy (non-hydrogen) atoms. The third kappa shape index (κ3) is 3.30. The zero-order valence-electron chi connectivity index (χ0n) is 10.9. The first-order chi connectivity index (χ1) is 9.11. The van der Waals surface area contributed by atoms with Gasteiger partial charge in [-0.15, -0.1) is 0 Å². The van der Waals surface area contributed by atoms with E-state index in [-0.39, 0.29) is 23.9 Å². The van der Waals surface area contributed by atoms with E-state index in [2.05, 4.69) is 4.90 Å². The Morgan fingerprint density at radius 1 is 1.53 bits per heavy atom. The molecule has 0 saturated carbocycles. The predicted molar refractivity (Wildman–Crippen MR) is 72.5 cm³/mol. The van der Waals surface area contributed by atoms with Crippen LogP contribution in [0.25, 0.3) is 0 Å². The topological polar surface area (TPSA) is 73.3 Å². The highest BCUT2D eigenvalue weighted by atomic mass is 19.1. The highest BCUT2D eigenvalue weighted by Gasteiger charge is 2.20. The number of halogens is 1. The van der Waals surface area contributed by atoms with E-state index in [0.29, 0.717) is 12.1 Å². The Labute approximate surface area is 112 Å². The third-order valence-corrected chi connectivity index (χ3v) is 3.62. The van der Waals surface area contributed by atoms with Gasteiger partial charge in [-0.25, -0.2) is 4.39 Å². The fraction of sp³-hybridized carbons (Fsp3) is 0.500. The van der Waals surface area contributed by atoms with E-state index in [1.54, 1.807) is 12.1 Å². The van der Waals surface area contributed by atoms with Crippen LogP contribution in [0, 0.1) is 17.1 Å². The van der Waals surface area contributed by atoms with Crippen LogP contribution < -0.4 is 5.73 Å². The van der Waals surface area contributed by atoms with Crippen LogP contribution in [0.1, 0.15) is 24.0 Å². The third-order valence-electron chi connectivity index (χ3n) is 3.62. The maximum atomic E-state index is 14.2. The lowest BCUT2D eigenvalue weighted by molar-refractivity contribution is 0.115. The molecule has 0 radical (unpaired) electrons. The SMILES string of the molecule is N=C(N)c1cccc(CN2CCCC(CO)C2)c1F. The van der Waals surface area contributed by atoms with Gasteiger partial charge in [0.05, 0.1) is 5.56 Å². The number of piperidine rings is 1. The first-order valence-electron chi connectivity index (χ1n) is 6.56. The Bertz CT molecular complexity index is 464. The first-order valence-corrected chi connectivity index (χ1v) is 6.56. The average molecular weight is 265 g/mol. The molecule has 0 aliphatic carbocycles. The summed E-state index contributed by atoms with van der Waals surface area (Å²) in [6.07, 6.45) is 2.06. The molecular formula is C14H20FN3O. The number of nitrogens with zero attached hydrogens (tertiary/aromatic N) is 1. The molecule has 0 amide bonds. The molecule has 1 heterocycles. The van der Waals surface area contributed by atoms with Crippen molar-refractivity contribution in [3.05, 3.63) is 35.1 Å². The van der Waals surface area contributed by atoms with Gasteiger partial charge in [-0.05, 0) is 31.4 Å². The van der Waals surface area contributed by atoms with Crippen LogP contribution in [0.3, 0.4) is 0 Å². The standard InChI is InChI=1S/C14H20FN3O/c15-13-11(4-1-5-12(13)14(16)17)8-18-6-2-3-10(7-18)9-19/h1,4-5,10,19H,2-3,6-9H2,(H3,16,17). The van der Waals surface area contributed by atoms with Gasteiger partial charge in [0.15, 0.2) is 0 Å². The summed E-state index contributed by atoms with van der Waals surface area (Å²) < 4.78 is 14.2. The second kappa shape index (κ2) is 6.12. The molecule has 1 fully saturated rings. The smallest absolute Gasteiger partial charge is 0.138 e. The van der Waals surface area contributed by atoms with Crippen LogP contribution in [0.5, 0.6) is 0 Å². The van der Waals surface area contributed by atoms with Crippen LogP contribution in [-0.2, 0) is 6.54 Å². The average Bonchev–Trinajstić information content (AvgIpc) is 2.41. The van der Waals surface area contributed by atoms with Gasteiger partial charge in [-0.3, -0.25) is 10.3 Å². The summed E-state index contributed by atoms with van der Waals surface area (Å²) in [5.41, 5.74) is 6.08. The Morgan fingerprint density at radius 2 is 2.32 bits per heavy atom. The van der Waals surface area contributed by atoms with E-state index < -0.39 is 5.82 Å². The number of nitrogen functional groups attached to an aromatic ring is 1. The summed E-state index contributed by atoms with van der Waals surface area (Å²) >= 11 is 0. The molecular weight excluding hydrogens is 245 g/mol. The second-order valence-electron chi connectivity index (χ2n) is 5.12. The summed E-state index contributed by atoms with van der Waals surface area (Å²) in [7, 11) is 0. The largest absolute Gasteiger partial charge is 0.396 e. The zero-order valence-corrected chi connectivity index (χ0v) is 10.9. The van der Waals surface area contributed by atoms with Gasteiger partial charge in [0.25, 0.3) is 0 Å². The van der Waals surface area contributed by atoms with E-state index in [1.807, 2.05) is 0 Å². The molecule has 1 aliphatic rings. The lowest BCUT2D eigenvalue weighted by atomic mass is 9.98. The number of aliphatic hydroxyl groups is 1. The summed E-state index contributed by atoms with van der Waals surface area (Å²) in [4.78, 5) is 2.15. The molecule has 104 valence electrons. The molecule has 1 aromatic carbocycles. The van der Waals surface area contributed by atoms with Crippen molar-refractivity contribution in [3.63, 3.8) is 0 Å². The van der Waals surface area contributed by atoms with Crippen LogP contribution in [0.4, 0.5) is 4.39 Å². The molecule has 1 unspecified atom stereocenters. The fourth-order valence-electron chi connectivity index (χ4n) is 2.59. The van der Waals surface area contributed by atoms with Gasteiger partial charge in [-0.2, -0.15) is 0 Å². The van der Waals surface area contributed by atoms with Gasteiger partial charge < -0.3 is 10.8 Å². The number of nitrogens with two attached hydrogens (primary N) is 1. The molecule has 0 bridgehead atoms. The maximum absolute atomic E-state index is 14.2. The fourth-order valence-corrected chi connectivity index (χ4v) is 2.59. The Kier molecular flexibility index (Phi) is 4.50. The molecule has 2 rings (SSSR count). The van der Waals surface area contributed by atoms with Crippen molar-refractivity contribution in [1.82, 2.24) is 4.90 Å². The van der Waals surface area contributed by atoms with E-state index in [0.717, 1.165) is 25.9 Å². The van der Waals surface area contributed by atoms with Crippen molar-refractivity contribution >= 4 is 5.84 Å². The summed E-state index contributed by atoms with van der Waals surface area (Å²) in [5.74, 6) is -0.361. The first kappa shape index (κ1) is 14.0. The minimum Gasteiger partial charge on any atom is -0.396 e. The Balaban J connectivity index is 2.10. The van der Waals surface area contributed by atoms with Crippen LogP contribution >= 0.6 is 0 Å². The quantitative estimate of drug-likeness (QED) is 0.568. The monoisotopic (exact) mass is 265 g/mol. The molecule has 1 aliphatic heterocycles. The number of rotatable bonds is 4. The van der Waals surface area contributed by atoms with E-state index >= 15 is 0 Å². The summed E-state index contributed by atoms with van der Waals surface area (Å²) in [6, 6.07) is 4.97. The van der Waals surface area contributed by atoms with E-state index in [1.165, 1.54) is 6.07 Å². The number of hydrogen-bond donors (Lipinski definition) is 3. The lowest BCUT2D eigenvalue weighted by Gasteiger charge is -2.31. The highest BCUT2D eigenvalue weighted by molar-refractivity contribution is 5.95. The minimum atomic E-state index is -0.402. The molecule has 1 atom stereocenters. The normalized spacial score (nSPS) is 20.4. The van der Waals surface area contributed by atoms with Crippen LogP contribution in [0.15, 0.2) is 18.2 Å². The van der Waals surface area contributed by atoms with Gasteiger partial charge in [0.2, 0.25) is 0 Å². The van der Waals surface area contributed by atoms with Crippen molar-refractivity contribution in [2.45, 2.75) is 19.4 Å². The van der Waals surface area contributed by atoms with Crippen molar-refractivity contribution in [2.75, 3.05) is 19.7 Å². The number of aliphatic hydroxyl groups excluding tert-OH is 1. The molecule has 5 heteroatoms. The van der Waals surface area contributed by atoms with Crippen molar-refractivity contribution in [1.29, 1.82) is 5.41 Å². The second-order valence-corrected chi connectivity index (χ2v) is 5.12. The predicted octanol–water partition coefficient (Wildman–Crippen LogP) is 1.31. The van der Waals surface area contributed by atoms with Crippen LogP contribution in [0.2, 0.25) is 0 Å². The van der Waals surface area contributed by atoms with Gasteiger partial charge in [0, 0.05) is 25.3 Å². The van der Waals surface area contributed by atoms with Gasteiger partial charge in [0.1, 0.15) is 11.7 Å². The van der Waals surface area contributed by atoms with Crippen LogP contribution in [-0.4, -0.2) is 35.5 Å². The van der Waals surface area contributed by atoms with Crippen molar-refractivity contribution < 1.29 is 9.50 Å². The zero-order chi connectivity index (χ0) is 13.8. The lowest BCUT2D eigenvalue weighted by Crippen LogP contribution is -2.36. The number of benzene rings is 1. The summed E-state index contributed by atoms with van der Waals surface area (Å²) in [6.45, 7) is 2.40.